The Morgan fingerprint density at radius 1 is 1.32 bits per heavy atom. The SMILES string of the molecule is C=CCOC(=O)N[C@H](COc1ccc(C(=O)O)cc1)C(C)C. The van der Waals surface area contributed by atoms with Gasteiger partial charge in [0.05, 0.1) is 11.6 Å². The number of hydrogen-bond acceptors (Lipinski definition) is 4. The summed E-state index contributed by atoms with van der Waals surface area (Å²) in [6, 6.07) is 5.87. The quantitative estimate of drug-likeness (QED) is 0.721. The predicted molar refractivity (Wildman–Crippen MR) is 82.2 cm³/mol. The minimum Gasteiger partial charge on any atom is -0.491 e. The Morgan fingerprint density at radius 3 is 2.45 bits per heavy atom. The molecule has 0 aromatic heterocycles. The Balaban J connectivity index is 2.55. The average Bonchev–Trinajstić information content (AvgIpc) is 2.49. The summed E-state index contributed by atoms with van der Waals surface area (Å²) in [5.41, 5.74) is 0.193. The van der Waals surface area contributed by atoms with E-state index in [1.165, 1.54) is 18.2 Å². The Hall–Kier alpha value is -2.50. The summed E-state index contributed by atoms with van der Waals surface area (Å²) in [5.74, 6) is -0.301. The van der Waals surface area contributed by atoms with Gasteiger partial charge in [0, 0.05) is 0 Å². The zero-order valence-corrected chi connectivity index (χ0v) is 12.7. The van der Waals surface area contributed by atoms with Crippen molar-refractivity contribution in [1.29, 1.82) is 0 Å². The van der Waals surface area contributed by atoms with Crippen molar-refractivity contribution in [2.75, 3.05) is 13.2 Å². The molecule has 0 saturated carbocycles. The van der Waals surface area contributed by atoms with Crippen LogP contribution in [-0.2, 0) is 4.74 Å². The fraction of sp³-hybridized carbons (Fsp3) is 0.375. The molecular formula is C16H21NO5. The first-order valence-electron chi connectivity index (χ1n) is 6.94. The molecule has 2 N–H and O–H groups in total. The first kappa shape index (κ1) is 17.6. The molecule has 0 unspecified atom stereocenters. The fourth-order valence-corrected chi connectivity index (χ4v) is 1.61. The van der Waals surface area contributed by atoms with Gasteiger partial charge in [-0.2, -0.15) is 0 Å². The summed E-state index contributed by atoms with van der Waals surface area (Å²) < 4.78 is 10.5. The molecule has 1 atom stereocenters. The smallest absolute Gasteiger partial charge is 0.407 e. The van der Waals surface area contributed by atoms with Crippen LogP contribution in [0.25, 0.3) is 0 Å². The lowest BCUT2D eigenvalue weighted by Gasteiger charge is -2.22. The molecule has 0 aliphatic heterocycles. The lowest BCUT2D eigenvalue weighted by molar-refractivity contribution is 0.0696. The molecule has 6 nitrogen and oxygen atoms in total. The number of alkyl carbamates (subject to hydrolysis) is 1. The van der Waals surface area contributed by atoms with Gasteiger partial charge >= 0.3 is 12.1 Å². The van der Waals surface area contributed by atoms with Crippen LogP contribution in [0.1, 0.15) is 24.2 Å². The molecule has 120 valence electrons. The molecular weight excluding hydrogens is 286 g/mol. The maximum atomic E-state index is 11.5. The number of benzene rings is 1. The maximum Gasteiger partial charge on any atom is 0.407 e. The van der Waals surface area contributed by atoms with Crippen molar-refractivity contribution in [3.8, 4) is 5.75 Å². The highest BCUT2D eigenvalue weighted by molar-refractivity contribution is 5.87. The van der Waals surface area contributed by atoms with Gasteiger partial charge in [-0.1, -0.05) is 26.5 Å². The zero-order chi connectivity index (χ0) is 16.5. The molecule has 1 amide bonds. The minimum absolute atomic E-state index is 0.147. The van der Waals surface area contributed by atoms with Gasteiger partial charge in [-0.05, 0) is 30.2 Å². The maximum absolute atomic E-state index is 11.5. The minimum atomic E-state index is -0.988. The topological polar surface area (TPSA) is 84.9 Å². The van der Waals surface area contributed by atoms with Crippen LogP contribution in [0.3, 0.4) is 0 Å². The van der Waals surface area contributed by atoms with Crippen LogP contribution < -0.4 is 10.1 Å². The highest BCUT2D eigenvalue weighted by Crippen LogP contribution is 2.13. The summed E-state index contributed by atoms with van der Waals surface area (Å²) in [6.45, 7) is 7.78. The first-order valence-corrected chi connectivity index (χ1v) is 6.94. The zero-order valence-electron chi connectivity index (χ0n) is 12.7. The third-order valence-corrected chi connectivity index (χ3v) is 2.97. The largest absolute Gasteiger partial charge is 0.491 e. The van der Waals surface area contributed by atoms with Crippen LogP contribution in [0.5, 0.6) is 5.75 Å². The van der Waals surface area contributed by atoms with E-state index in [1.807, 2.05) is 13.8 Å². The lowest BCUT2D eigenvalue weighted by atomic mass is 10.1. The number of ether oxygens (including phenoxy) is 2. The predicted octanol–water partition coefficient (Wildman–Crippen LogP) is 2.70. The average molecular weight is 307 g/mol. The Morgan fingerprint density at radius 2 is 1.95 bits per heavy atom. The van der Waals surface area contributed by atoms with Gasteiger partial charge < -0.3 is 19.9 Å². The molecule has 0 fully saturated rings. The van der Waals surface area contributed by atoms with Crippen LogP contribution >= 0.6 is 0 Å². The number of aromatic carboxylic acids is 1. The Labute approximate surface area is 129 Å². The first-order chi connectivity index (χ1) is 10.4. The van der Waals surface area contributed by atoms with Crippen molar-refractivity contribution in [2.24, 2.45) is 5.92 Å². The molecule has 0 spiro atoms. The van der Waals surface area contributed by atoms with Crippen molar-refractivity contribution in [3.05, 3.63) is 42.5 Å². The van der Waals surface area contributed by atoms with E-state index in [0.717, 1.165) is 0 Å². The number of nitrogens with one attached hydrogen (secondary N) is 1. The normalized spacial score (nSPS) is 11.6. The molecule has 0 aliphatic rings. The third-order valence-electron chi connectivity index (χ3n) is 2.97. The van der Waals surface area contributed by atoms with Crippen molar-refractivity contribution in [2.45, 2.75) is 19.9 Å². The van der Waals surface area contributed by atoms with E-state index in [1.54, 1.807) is 12.1 Å². The van der Waals surface area contributed by atoms with Gasteiger partial charge in [-0.3, -0.25) is 0 Å². The van der Waals surface area contributed by atoms with E-state index in [4.69, 9.17) is 14.6 Å². The van der Waals surface area contributed by atoms with Crippen molar-refractivity contribution < 1.29 is 24.2 Å². The number of carbonyl (C=O) groups excluding carboxylic acids is 1. The molecule has 0 aliphatic carbocycles. The van der Waals surface area contributed by atoms with Gasteiger partial charge in [-0.25, -0.2) is 9.59 Å². The second-order valence-electron chi connectivity index (χ2n) is 5.02. The van der Waals surface area contributed by atoms with Crippen molar-refractivity contribution in [3.63, 3.8) is 0 Å². The number of carbonyl (C=O) groups is 2. The molecule has 1 rings (SSSR count). The summed E-state index contributed by atoms with van der Waals surface area (Å²) in [5, 5.41) is 11.6. The molecule has 1 aromatic rings. The van der Waals surface area contributed by atoms with Gasteiger partial charge in [0.25, 0.3) is 0 Å². The number of carboxylic acids is 1. The molecule has 0 heterocycles. The third kappa shape index (κ3) is 5.87. The second kappa shape index (κ2) is 8.71. The van der Waals surface area contributed by atoms with Crippen LogP contribution in [0.2, 0.25) is 0 Å². The standard InChI is InChI=1S/C16H21NO5/c1-4-9-21-16(20)17-14(11(2)3)10-22-13-7-5-12(6-8-13)15(18)19/h4-8,11,14H,1,9-10H2,2-3H3,(H,17,20)(H,18,19)/t14-/m1/s1. The fourth-order valence-electron chi connectivity index (χ4n) is 1.61. The van der Waals surface area contributed by atoms with Crippen molar-refractivity contribution in [1.82, 2.24) is 5.32 Å². The van der Waals surface area contributed by atoms with Gasteiger partial charge in [0.2, 0.25) is 0 Å². The van der Waals surface area contributed by atoms with Crippen LogP contribution in [0, 0.1) is 5.92 Å². The van der Waals surface area contributed by atoms with E-state index in [-0.39, 0.29) is 30.7 Å². The van der Waals surface area contributed by atoms with Gasteiger partial charge in [-0.15, -0.1) is 0 Å². The Kier molecular flexibility index (Phi) is 6.95. The van der Waals surface area contributed by atoms with Crippen LogP contribution in [0.4, 0.5) is 4.79 Å². The monoisotopic (exact) mass is 307 g/mol. The molecule has 1 aromatic carbocycles. The van der Waals surface area contributed by atoms with E-state index < -0.39 is 12.1 Å². The summed E-state index contributed by atoms with van der Waals surface area (Å²) in [4.78, 5) is 22.3. The van der Waals surface area contributed by atoms with E-state index in [9.17, 15) is 9.59 Å². The number of carboxylic acid groups (broad SMARTS) is 1. The summed E-state index contributed by atoms with van der Waals surface area (Å²) in [6.07, 6.45) is 0.966. The number of hydrogen-bond donors (Lipinski definition) is 2. The molecule has 0 bridgehead atoms. The molecule has 0 radical (unpaired) electrons. The highest BCUT2D eigenvalue weighted by Gasteiger charge is 2.17. The molecule has 0 saturated heterocycles. The highest BCUT2D eigenvalue weighted by atomic mass is 16.5. The summed E-state index contributed by atoms with van der Waals surface area (Å²) >= 11 is 0. The Bertz CT molecular complexity index is 510. The van der Waals surface area contributed by atoms with E-state index >= 15 is 0 Å². The van der Waals surface area contributed by atoms with Gasteiger partial charge in [0.1, 0.15) is 19.0 Å². The lowest BCUT2D eigenvalue weighted by Crippen LogP contribution is -2.43. The van der Waals surface area contributed by atoms with Crippen LogP contribution in [0.15, 0.2) is 36.9 Å². The number of amides is 1. The van der Waals surface area contributed by atoms with Gasteiger partial charge in [0.15, 0.2) is 0 Å². The van der Waals surface area contributed by atoms with E-state index in [2.05, 4.69) is 11.9 Å². The molecule has 22 heavy (non-hydrogen) atoms. The molecule has 6 heteroatoms. The second-order valence-corrected chi connectivity index (χ2v) is 5.02. The number of rotatable bonds is 8. The van der Waals surface area contributed by atoms with Crippen molar-refractivity contribution >= 4 is 12.1 Å². The van der Waals surface area contributed by atoms with E-state index in [0.29, 0.717) is 5.75 Å². The van der Waals surface area contributed by atoms with Crippen LogP contribution in [-0.4, -0.2) is 36.4 Å². The summed E-state index contributed by atoms with van der Waals surface area (Å²) in [7, 11) is 0.